The average Bonchev–Trinajstić information content (AvgIpc) is 3.50. The van der Waals surface area contributed by atoms with Crippen LogP contribution in [0.25, 0.3) is 0 Å². The third-order valence-electron chi connectivity index (χ3n) is 8.93. The molecular formula is C30H43N3O5S. The van der Waals surface area contributed by atoms with Crippen LogP contribution in [-0.2, 0) is 19.1 Å². The highest BCUT2D eigenvalue weighted by Gasteiger charge is 2.78. The molecule has 0 saturated carbocycles. The molecule has 9 heteroatoms. The molecule has 1 spiro atoms. The Morgan fingerprint density at radius 2 is 1.82 bits per heavy atom. The van der Waals surface area contributed by atoms with Gasteiger partial charge in [0.25, 0.3) is 5.91 Å². The molecule has 0 radical (unpaired) electrons. The maximum absolute atomic E-state index is 14.7. The number of hydrogen-bond donors (Lipinski definition) is 1. The number of likely N-dealkylation sites (tertiary alicyclic amines) is 1. The summed E-state index contributed by atoms with van der Waals surface area (Å²) in [6.07, 6.45) is 3.56. The number of benzene rings is 1. The van der Waals surface area contributed by atoms with Crippen molar-refractivity contribution in [1.29, 1.82) is 0 Å². The number of hydrogen-bond acceptors (Lipinski definition) is 7. The Morgan fingerprint density at radius 1 is 1.18 bits per heavy atom. The Kier molecular flexibility index (Phi) is 8.71. The van der Waals surface area contributed by atoms with Crippen LogP contribution in [0.4, 0.5) is 11.4 Å². The lowest BCUT2D eigenvalue weighted by molar-refractivity contribution is -0.155. The van der Waals surface area contributed by atoms with E-state index in [0.717, 1.165) is 30.9 Å². The summed E-state index contributed by atoms with van der Waals surface area (Å²) in [7, 11) is 0. The van der Waals surface area contributed by atoms with Gasteiger partial charge in [-0.15, -0.1) is 18.3 Å². The summed E-state index contributed by atoms with van der Waals surface area (Å²) in [6.45, 7) is 15.8. The van der Waals surface area contributed by atoms with Gasteiger partial charge in [-0.2, -0.15) is 0 Å². The van der Waals surface area contributed by atoms with Crippen LogP contribution in [0.2, 0.25) is 0 Å². The van der Waals surface area contributed by atoms with Crippen molar-refractivity contribution >= 4 is 40.9 Å². The van der Waals surface area contributed by atoms with E-state index in [0.29, 0.717) is 12.8 Å². The first-order valence-corrected chi connectivity index (χ1v) is 15.1. The van der Waals surface area contributed by atoms with Crippen LogP contribution < -0.4 is 9.80 Å². The molecule has 1 N–H and O–H groups in total. The summed E-state index contributed by atoms with van der Waals surface area (Å²) in [5.74, 6) is -2.08. The zero-order valence-corrected chi connectivity index (χ0v) is 24.7. The second kappa shape index (κ2) is 11.5. The monoisotopic (exact) mass is 557 g/mol. The fraction of sp³-hybridized carbons (Fsp3) is 0.633. The van der Waals surface area contributed by atoms with Gasteiger partial charge in [0.05, 0.1) is 35.8 Å². The highest BCUT2D eigenvalue weighted by molar-refractivity contribution is 8.02. The van der Waals surface area contributed by atoms with Crippen LogP contribution in [-0.4, -0.2) is 82.2 Å². The molecule has 2 unspecified atom stereocenters. The first-order chi connectivity index (χ1) is 18.7. The second-order valence-corrected chi connectivity index (χ2v) is 12.8. The maximum Gasteiger partial charge on any atom is 0.311 e. The molecule has 2 amide bonds. The first-order valence-electron chi connectivity index (χ1n) is 14.2. The minimum absolute atomic E-state index is 0.200. The third kappa shape index (κ3) is 4.65. The van der Waals surface area contributed by atoms with E-state index in [-0.39, 0.29) is 37.5 Å². The van der Waals surface area contributed by atoms with Crippen molar-refractivity contribution in [1.82, 2.24) is 4.90 Å². The Labute approximate surface area is 236 Å². The van der Waals surface area contributed by atoms with Gasteiger partial charge in [-0.3, -0.25) is 14.4 Å². The molecule has 3 heterocycles. The predicted octanol–water partition coefficient (Wildman–Crippen LogP) is 3.87. The normalized spacial score (nSPS) is 29.7. The number of esters is 1. The highest BCUT2D eigenvalue weighted by atomic mass is 32.2. The Hall–Kier alpha value is -2.52. The number of fused-ring (bicyclic) bond motifs is 1. The van der Waals surface area contributed by atoms with Gasteiger partial charge < -0.3 is 24.5 Å². The van der Waals surface area contributed by atoms with Crippen LogP contribution in [0.5, 0.6) is 0 Å². The van der Waals surface area contributed by atoms with Gasteiger partial charge in [-0.25, -0.2) is 0 Å². The zero-order valence-electron chi connectivity index (χ0n) is 23.9. The summed E-state index contributed by atoms with van der Waals surface area (Å²) in [6, 6.07) is 6.59. The largest absolute Gasteiger partial charge is 0.466 e. The van der Waals surface area contributed by atoms with E-state index >= 15 is 0 Å². The zero-order chi connectivity index (χ0) is 28.5. The van der Waals surface area contributed by atoms with E-state index in [4.69, 9.17) is 4.74 Å². The number of anilines is 2. The van der Waals surface area contributed by atoms with Crippen LogP contribution in [0, 0.1) is 11.8 Å². The lowest BCUT2D eigenvalue weighted by Gasteiger charge is -2.39. The fourth-order valence-corrected chi connectivity index (χ4v) is 9.40. The van der Waals surface area contributed by atoms with Crippen LogP contribution in [0.3, 0.4) is 0 Å². The SMILES string of the molecule is C=CCN(C(=O)C1N([C@@H](CC)CO)C(=O)[C@@H]2[C@H](C(=O)OCC)[C@]3(C)CCC12S3)c1ccc(N(CC)CC)cc1. The number of nitrogens with zero attached hydrogens (tertiary/aromatic N) is 3. The topological polar surface area (TPSA) is 90.4 Å². The van der Waals surface area contributed by atoms with Gasteiger partial charge >= 0.3 is 5.97 Å². The van der Waals surface area contributed by atoms with Crippen molar-refractivity contribution in [2.24, 2.45) is 11.8 Å². The molecule has 0 aliphatic carbocycles. The van der Waals surface area contributed by atoms with E-state index in [1.54, 1.807) is 34.6 Å². The summed E-state index contributed by atoms with van der Waals surface area (Å²) in [5, 5.41) is 10.3. The number of carbonyl (C=O) groups is 3. The van der Waals surface area contributed by atoms with Gasteiger partial charge in [0.15, 0.2) is 0 Å². The number of carbonyl (C=O) groups excluding carboxylic acids is 3. The molecule has 3 aliphatic heterocycles. The first kappa shape index (κ1) is 29.5. The van der Waals surface area contributed by atoms with Crippen molar-refractivity contribution < 1.29 is 24.2 Å². The lowest BCUT2D eigenvalue weighted by Crippen LogP contribution is -2.57. The van der Waals surface area contributed by atoms with E-state index < -0.39 is 33.4 Å². The third-order valence-corrected chi connectivity index (χ3v) is 10.9. The smallest absolute Gasteiger partial charge is 0.311 e. The van der Waals surface area contributed by atoms with E-state index in [1.807, 2.05) is 38.1 Å². The molecule has 0 aromatic heterocycles. The molecule has 1 aromatic rings. The number of thioether (sulfide) groups is 1. The molecule has 2 bridgehead atoms. The van der Waals surface area contributed by atoms with Crippen molar-refractivity contribution in [2.45, 2.75) is 75.5 Å². The van der Waals surface area contributed by atoms with Crippen molar-refractivity contribution in [3.05, 3.63) is 36.9 Å². The lowest BCUT2D eigenvalue weighted by atomic mass is 9.66. The Morgan fingerprint density at radius 3 is 2.36 bits per heavy atom. The number of amides is 2. The molecule has 6 atom stereocenters. The van der Waals surface area contributed by atoms with Crippen molar-refractivity contribution in [3.63, 3.8) is 0 Å². The van der Waals surface area contributed by atoms with Crippen LogP contribution >= 0.6 is 11.8 Å². The molecule has 3 aliphatic rings. The standard InChI is InChI=1S/C30H43N3O5S/c1-7-18-32(22-14-12-21(13-15-22)31(9-3)10-4)27(36)25-30-17-16-29(6,39-30)24(28(37)38-11-5)23(30)26(35)33(25)20(8-2)19-34/h7,12-15,20,23-25,34H,1,8-11,16-19H2,2-6H3/t20-,23-,24+,25?,29-,30?/m0/s1. The van der Waals surface area contributed by atoms with Crippen molar-refractivity contribution in [3.8, 4) is 0 Å². The summed E-state index contributed by atoms with van der Waals surface area (Å²) < 4.78 is 4.22. The molecule has 214 valence electrons. The molecule has 39 heavy (non-hydrogen) atoms. The van der Waals surface area contributed by atoms with E-state index in [9.17, 15) is 19.5 Å². The molecule has 4 rings (SSSR count). The molecular weight excluding hydrogens is 514 g/mol. The van der Waals surface area contributed by atoms with Gasteiger partial charge in [0.1, 0.15) is 6.04 Å². The van der Waals surface area contributed by atoms with Crippen LogP contribution in [0.1, 0.15) is 53.9 Å². The van der Waals surface area contributed by atoms with Gasteiger partial charge in [0, 0.05) is 35.8 Å². The fourth-order valence-electron chi connectivity index (χ4n) is 7.07. The van der Waals surface area contributed by atoms with E-state index in [1.165, 1.54) is 0 Å². The quantitative estimate of drug-likeness (QED) is 0.308. The molecule has 1 aromatic carbocycles. The maximum atomic E-state index is 14.7. The predicted molar refractivity (Wildman–Crippen MR) is 156 cm³/mol. The highest BCUT2D eigenvalue weighted by Crippen LogP contribution is 2.71. The molecule has 3 saturated heterocycles. The number of ether oxygens (including phenoxy) is 1. The number of aliphatic hydroxyl groups is 1. The summed E-state index contributed by atoms with van der Waals surface area (Å²) in [5.41, 5.74) is 1.80. The van der Waals surface area contributed by atoms with Gasteiger partial charge in [-0.05, 0) is 71.2 Å². The molecule has 3 fully saturated rings. The summed E-state index contributed by atoms with van der Waals surface area (Å²) >= 11 is 1.61. The second-order valence-electron chi connectivity index (χ2n) is 10.9. The van der Waals surface area contributed by atoms with Crippen LogP contribution in [0.15, 0.2) is 36.9 Å². The Bertz CT molecular complexity index is 1090. The van der Waals surface area contributed by atoms with Gasteiger partial charge in [-0.1, -0.05) is 13.0 Å². The number of rotatable bonds is 12. The summed E-state index contributed by atoms with van der Waals surface area (Å²) in [4.78, 5) is 47.6. The Balaban J connectivity index is 1.79. The minimum atomic E-state index is -0.805. The number of aliphatic hydroxyl groups excluding tert-OH is 1. The molecule has 8 nitrogen and oxygen atoms in total. The van der Waals surface area contributed by atoms with E-state index in [2.05, 4.69) is 25.3 Å². The average molecular weight is 558 g/mol. The van der Waals surface area contributed by atoms with Gasteiger partial charge in [0.2, 0.25) is 5.91 Å². The minimum Gasteiger partial charge on any atom is -0.466 e. The van der Waals surface area contributed by atoms with Crippen molar-refractivity contribution in [2.75, 3.05) is 42.6 Å².